The van der Waals surface area contributed by atoms with Crippen LogP contribution >= 0.6 is 0 Å². The molecule has 10 nitrogen and oxygen atoms in total. The number of likely N-dealkylation sites (N-methyl/N-ethyl adjacent to an activating group) is 1. The fourth-order valence-electron chi connectivity index (χ4n) is 4.55. The van der Waals surface area contributed by atoms with Gasteiger partial charge in [0.15, 0.2) is 0 Å². The number of carbonyl (C=O) groups excluding carboxylic acids is 1. The minimum absolute atomic E-state index is 0.272. The highest BCUT2D eigenvalue weighted by Gasteiger charge is 2.18. The monoisotopic (exact) mass is 519 g/mol. The molecule has 1 aliphatic heterocycles. The van der Waals surface area contributed by atoms with E-state index in [-0.39, 0.29) is 5.91 Å². The maximum Gasteiger partial charge on any atom is 0.255 e. The summed E-state index contributed by atoms with van der Waals surface area (Å²) in [6.45, 7) is 9.52. The molecule has 39 heavy (non-hydrogen) atoms. The lowest BCUT2D eigenvalue weighted by molar-refractivity contribution is 0.102. The minimum Gasteiger partial charge on any atom is -0.370 e. The smallest absolute Gasteiger partial charge is 0.255 e. The van der Waals surface area contributed by atoms with Gasteiger partial charge in [0.05, 0.1) is 23.5 Å². The molecule has 0 aliphatic carbocycles. The molecule has 2 aromatic heterocycles. The Kier molecular flexibility index (Phi) is 7.43. The summed E-state index contributed by atoms with van der Waals surface area (Å²) in [6.07, 6.45) is 7.64. The molecule has 0 atom stereocenters. The second-order valence-corrected chi connectivity index (χ2v) is 9.63. The Labute approximate surface area is 227 Å². The van der Waals surface area contributed by atoms with Crippen LogP contribution in [0.5, 0.6) is 0 Å². The number of nitriles is 1. The highest BCUT2D eigenvalue weighted by atomic mass is 16.1. The summed E-state index contributed by atoms with van der Waals surface area (Å²) in [6, 6.07) is 13.3. The van der Waals surface area contributed by atoms with Crippen molar-refractivity contribution >= 4 is 22.9 Å². The van der Waals surface area contributed by atoms with Crippen LogP contribution in [-0.2, 0) is 0 Å². The van der Waals surface area contributed by atoms with Gasteiger partial charge in [-0.1, -0.05) is 17.9 Å². The normalized spacial score (nSPS) is 13.9. The van der Waals surface area contributed by atoms with Crippen molar-refractivity contribution in [1.29, 1.82) is 5.26 Å². The van der Waals surface area contributed by atoms with Gasteiger partial charge in [-0.05, 0) is 68.4 Å². The van der Waals surface area contributed by atoms with Crippen molar-refractivity contribution in [3.8, 4) is 23.0 Å². The molecular weight excluding hydrogens is 490 g/mol. The van der Waals surface area contributed by atoms with Crippen molar-refractivity contribution in [2.75, 3.05) is 43.4 Å². The number of hydrogen-bond acceptors (Lipinski definition) is 8. The largest absolute Gasteiger partial charge is 0.370 e. The van der Waals surface area contributed by atoms with Crippen molar-refractivity contribution in [3.05, 3.63) is 84.6 Å². The van der Waals surface area contributed by atoms with E-state index < -0.39 is 0 Å². The summed E-state index contributed by atoms with van der Waals surface area (Å²) in [5, 5.41) is 21.0. The van der Waals surface area contributed by atoms with Crippen LogP contribution in [0.15, 0.2) is 67.9 Å². The SMILES string of the molecule is C=C(C#N)c1cc(C(=O)Nc2ccc(C)c(-n3cc(-c4cncnc4)nn3)c2)cc(N2CCCN(C)CC2)c1. The summed E-state index contributed by atoms with van der Waals surface area (Å²) in [5.41, 5.74) is 6.10. The predicted octanol–water partition coefficient (Wildman–Crippen LogP) is 3.96. The van der Waals surface area contributed by atoms with Crippen molar-refractivity contribution < 1.29 is 4.79 Å². The summed E-state index contributed by atoms with van der Waals surface area (Å²) in [5.74, 6) is -0.272. The van der Waals surface area contributed by atoms with E-state index in [2.05, 4.69) is 55.1 Å². The van der Waals surface area contributed by atoms with Crippen LogP contribution in [0.2, 0.25) is 0 Å². The number of hydrogen-bond donors (Lipinski definition) is 1. The Hall–Kier alpha value is -4.88. The molecule has 0 bridgehead atoms. The number of rotatable bonds is 6. The average Bonchev–Trinajstić information content (AvgIpc) is 3.35. The number of amides is 1. The van der Waals surface area contributed by atoms with E-state index in [1.165, 1.54) is 6.33 Å². The van der Waals surface area contributed by atoms with E-state index in [1.807, 2.05) is 37.3 Å². The van der Waals surface area contributed by atoms with E-state index in [1.54, 1.807) is 29.3 Å². The molecule has 5 rings (SSSR count). The average molecular weight is 520 g/mol. The standard InChI is InChI=1S/C29H29N9O/c1-20-5-6-25(14-28(20)38-18-27(34-35-38)24-16-31-19-32-17-24)33-29(39)23-11-22(21(2)15-30)12-26(13-23)37-8-4-7-36(3)9-10-37/h5-6,11-14,16-19H,2,4,7-10H2,1,3H3,(H,33,39). The Balaban J connectivity index is 1.42. The Bertz CT molecular complexity index is 1550. The Morgan fingerprint density at radius 3 is 2.64 bits per heavy atom. The first-order chi connectivity index (χ1) is 18.9. The summed E-state index contributed by atoms with van der Waals surface area (Å²) in [7, 11) is 2.11. The second-order valence-electron chi connectivity index (χ2n) is 9.63. The van der Waals surface area contributed by atoms with Crippen LogP contribution in [-0.4, -0.2) is 69.0 Å². The van der Waals surface area contributed by atoms with Gasteiger partial charge >= 0.3 is 0 Å². The van der Waals surface area contributed by atoms with Gasteiger partial charge in [0, 0.05) is 54.5 Å². The first-order valence-corrected chi connectivity index (χ1v) is 12.7. The lowest BCUT2D eigenvalue weighted by atomic mass is 10.0. The van der Waals surface area contributed by atoms with Gasteiger partial charge in [-0.25, -0.2) is 14.6 Å². The van der Waals surface area contributed by atoms with Crippen LogP contribution in [0.3, 0.4) is 0 Å². The molecule has 10 heteroatoms. The van der Waals surface area contributed by atoms with Gasteiger partial charge in [0.2, 0.25) is 0 Å². The molecule has 0 unspecified atom stereocenters. The minimum atomic E-state index is -0.272. The van der Waals surface area contributed by atoms with Crippen LogP contribution in [0.25, 0.3) is 22.5 Å². The number of aromatic nitrogens is 5. The molecule has 0 saturated carbocycles. The van der Waals surface area contributed by atoms with Gasteiger partial charge in [0.1, 0.15) is 12.0 Å². The molecule has 1 saturated heterocycles. The summed E-state index contributed by atoms with van der Waals surface area (Å²) < 4.78 is 1.67. The van der Waals surface area contributed by atoms with Gasteiger partial charge in [-0.2, -0.15) is 5.26 Å². The highest BCUT2D eigenvalue weighted by Crippen LogP contribution is 2.26. The second kappa shape index (κ2) is 11.2. The van der Waals surface area contributed by atoms with Crippen molar-refractivity contribution in [2.45, 2.75) is 13.3 Å². The first kappa shape index (κ1) is 25.8. The number of carbonyl (C=O) groups is 1. The maximum absolute atomic E-state index is 13.5. The van der Waals surface area contributed by atoms with Gasteiger partial charge in [-0.15, -0.1) is 5.10 Å². The Morgan fingerprint density at radius 1 is 1.05 bits per heavy atom. The van der Waals surface area contributed by atoms with Gasteiger partial charge in [0.25, 0.3) is 5.91 Å². The summed E-state index contributed by atoms with van der Waals surface area (Å²) in [4.78, 5) is 26.1. The zero-order chi connectivity index (χ0) is 27.4. The molecule has 1 amide bonds. The molecule has 1 aliphatic rings. The molecule has 0 radical (unpaired) electrons. The Morgan fingerprint density at radius 2 is 1.85 bits per heavy atom. The number of allylic oxidation sites excluding steroid dienone is 1. The van der Waals surface area contributed by atoms with Crippen LogP contribution in [0.4, 0.5) is 11.4 Å². The van der Waals surface area contributed by atoms with Gasteiger partial charge < -0.3 is 15.1 Å². The number of anilines is 2. The van der Waals surface area contributed by atoms with Crippen molar-refractivity contribution in [1.82, 2.24) is 29.9 Å². The quantitative estimate of drug-likeness (QED) is 0.381. The third kappa shape index (κ3) is 5.84. The van der Waals surface area contributed by atoms with Crippen molar-refractivity contribution in [3.63, 3.8) is 0 Å². The third-order valence-electron chi connectivity index (χ3n) is 6.81. The van der Waals surface area contributed by atoms with Crippen LogP contribution in [0, 0.1) is 18.3 Å². The third-order valence-corrected chi connectivity index (χ3v) is 6.81. The van der Waals surface area contributed by atoms with E-state index in [9.17, 15) is 10.1 Å². The molecule has 0 spiro atoms. The number of nitrogens with zero attached hydrogens (tertiary/aromatic N) is 8. The topological polar surface area (TPSA) is 116 Å². The van der Waals surface area contributed by atoms with E-state index in [4.69, 9.17) is 0 Å². The molecular formula is C29H29N9O. The number of aryl methyl sites for hydroxylation is 1. The first-order valence-electron chi connectivity index (χ1n) is 12.7. The fourth-order valence-corrected chi connectivity index (χ4v) is 4.55. The predicted molar refractivity (Wildman–Crippen MR) is 150 cm³/mol. The van der Waals surface area contributed by atoms with Crippen LogP contribution in [0.1, 0.15) is 27.9 Å². The number of benzene rings is 2. The lowest BCUT2D eigenvalue weighted by Gasteiger charge is -2.24. The zero-order valence-electron chi connectivity index (χ0n) is 22.0. The maximum atomic E-state index is 13.5. The number of nitrogens with one attached hydrogen (secondary N) is 1. The van der Waals surface area contributed by atoms with Crippen LogP contribution < -0.4 is 10.2 Å². The van der Waals surface area contributed by atoms with Gasteiger partial charge in [-0.3, -0.25) is 4.79 Å². The molecule has 3 heterocycles. The molecule has 4 aromatic rings. The lowest BCUT2D eigenvalue weighted by Crippen LogP contribution is -2.29. The van der Waals surface area contributed by atoms with Crippen molar-refractivity contribution in [2.24, 2.45) is 0 Å². The van der Waals surface area contributed by atoms with E-state index in [0.717, 1.165) is 55.1 Å². The zero-order valence-corrected chi connectivity index (χ0v) is 22.0. The van der Waals surface area contributed by atoms with E-state index in [0.29, 0.717) is 28.1 Å². The fraction of sp³-hybridized carbons (Fsp3) is 0.241. The summed E-state index contributed by atoms with van der Waals surface area (Å²) >= 11 is 0. The molecule has 1 N–H and O–H groups in total. The van der Waals surface area contributed by atoms with E-state index >= 15 is 0 Å². The highest BCUT2D eigenvalue weighted by molar-refractivity contribution is 6.05. The molecule has 1 fully saturated rings. The molecule has 196 valence electrons. The molecule has 2 aromatic carbocycles.